The first kappa shape index (κ1) is 11.8. The van der Waals surface area contributed by atoms with Gasteiger partial charge in [0, 0.05) is 37.8 Å². The highest BCUT2D eigenvalue weighted by Crippen LogP contribution is 2.15. The monoisotopic (exact) mass is 231 g/mol. The molecule has 2 aromatic heterocycles. The Labute approximate surface area is 101 Å². The lowest BCUT2D eigenvalue weighted by atomic mass is 10.1. The molecule has 0 saturated heterocycles. The first-order valence-electron chi connectivity index (χ1n) is 5.71. The molecule has 0 aliphatic carbocycles. The van der Waals surface area contributed by atoms with Gasteiger partial charge in [0.25, 0.3) is 0 Å². The van der Waals surface area contributed by atoms with Crippen molar-refractivity contribution >= 4 is 0 Å². The van der Waals surface area contributed by atoms with E-state index in [2.05, 4.69) is 26.9 Å². The Bertz CT molecular complexity index is 451. The topological polar surface area (TPSA) is 68.8 Å². The van der Waals surface area contributed by atoms with E-state index in [4.69, 9.17) is 5.84 Å². The summed E-state index contributed by atoms with van der Waals surface area (Å²) in [6, 6.07) is 3.98. The summed E-state index contributed by atoms with van der Waals surface area (Å²) in [6.45, 7) is 3.02. The highest BCUT2D eigenvalue weighted by molar-refractivity contribution is 5.16. The molecule has 1 atom stereocenters. The van der Waals surface area contributed by atoms with Crippen molar-refractivity contribution < 1.29 is 0 Å². The standard InChI is InChI=1S/C12H17N5/c1-2-17-8-7-15-12(17)9-11(16-13)10-3-5-14-6-4-10/h3-8,11,16H,2,9,13H2,1H3. The highest BCUT2D eigenvalue weighted by atomic mass is 15.2. The van der Waals surface area contributed by atoms with Crippen LogP contribution in [-0.4, -0.2) is 14.5 Å². The summed E-state index contributed by atoms with van der Waals surface area (Å²) in [6.07, 6.45) is 8.10. The van der Waals surface area contributed by atoms with Crippen molar-refractivity contribution in [1.29, 1.82) is 0 Å². The van der Waals surface area contributed by atoms with Crippen LogP contribution in [0.25, 0.3) is 0 Å². The molecule has 0 radical (unpaired) electrons. The van der Waals surface area contributed by atoms with Crippen LogP contribution in [0.1, 0.15) is 24.4 Å². The number of pyridine rings is 1. The van der Waals surface area contributed by atoms with Gasteiger partial charge in [0.2, 0.25) is 0 Å². The van der Waals surface area contributed by atoms with Crippen LogP contribution < -0.4 is 11.3 Å². The number of rotatable bonds is 5. The normalized spacial score (nSPS) is 12.6. The molecule has 17 heavy (non-hydrogen) atoms. The van der Waals surface area contributed by atoms with Gasteiger partial charge in [0.1, 0.15) is 5.82 Å². The zero-order valence-electron chi connectivity index (χ0n) is 9.87. The van der Waals surface area contributed by atoms with Crippen molar-refractivity contribution in [1.82, 2.24) is 20.0 Å². The Morgan fingerprint density at radius 1 is 1.35 bits per heavy atom. The zero-order valence-corrected chi connectivity index (χ0v) is 9.87. The first-order chi connectivity index (χ1) is 8.35. The molecule has 2 aromatic rings. The van der Waals surface area contributed by atoms with Crippen molar-refractivity contribution in [3.8, 4) is 0 Å². The molecule has 0 spiro atoms. The minimum absolute atomic E-state index is 0.0608. The number of aryl methyl sites for hydroxylation is 1. The third-order valence-corrected chi connectivity index (χ3v) is 2.84. The van der Waals surface area contributed by atoms with Crippen LogP contribution in [0.2, 0.25) is 0 Å². The lowest BCUT2D eigenvalue weighted by Gasteiger charge is -2.16. The van der Waals surface area contributed by atoms with E-state index in [1.807, 2.05) is 24.5 Å². The van der Waals surface area contributed by atoms with Gasteiger partial charge in [-0.2, -0.15) is 0 Å². The Morgan fingerprint density at radius 2 is 2.12 bits per heavy atom. The SMILES string of the molecule is CCn1ccnc1CC(NN)c1ccncc1. The van der Waals surface area contributed by atoms with Gasteiger partial charge in [-0.3, -0.25) is 16.3 Å². The number of nitrogens with one attached hydrogen (secondary N) is 1. The predicted molar refractivity (Wildman–Crippen MR) is 65.9 cm³/mol. The third-order valence-electron chi connectivity index (χ3n) is 2.84. The molecule has 0 aromatic carbocycles. The van der Waals surface area contributed by atoms with E-state index >= 15 is 0 Å². The zero-order chi connectivity index (χ0) is 12.1. The molecule has 0 fully saturated rings. The third kappa shape index (κ3) is 2.69. The van der Waals surface area contributed by atoms with Crippen LogP contribution in [0, 0.1) is 0 Å². The number of nitrogens with zero attached hydrogens (tertiary/aromatic N) is 3. The van der Waals surface area contributed by atoms with E-state index in [0.717, 1.165) is 24.4 Å². The van der Waals surface area contributed by atoms with Gasteiger partial charge < -0.3 is 4.57 Å². The maximum Gasteiger partial charge on any atom is 0.110 e. The van der Waals surface area contributed by atoms with Gasteiger partial charge in [-0.25, -0.2) is 4.98 Å². The molecule has 0 aliphatic rings. The van der Waals surface area contributed by atoms with Crippen LogP contribution in [0.4, 0.5) is 0 Å². The Morgan fingerprint density at radius 3 is 2.76 bits per heavy atom. The summed E-state index contributed by atoms with van der Waals surface area (Å²) in [5.74, 6) is 6.64. The molecule has 1 unspecified atom stereocenters. The van der Waals surface area contributed by atoms with Gasteiger partial charge in [-0.15, -0.1) is 0 Å². The highest BCUT2D eigenvalue weighted by Gasteiger charge is 2.13. The fourth-order valence-corrected chi connectivity index (χ4v) is 1.87. The Kier molecular flexibility index (Phi) is 3.85. The minimum Gasteiger partial charge on any atom is -0.335 e. The van der Waals surface area contributed by atoms with E-state index in [1.54, 1.807) is 12.4 Å². The number of aromatic nitrogens is 3. The quantitative estimate of drug-likeness (QED) is 0.596. The molecule has 2 rings (SSSR count). The van der Waals surface area contributed by atoms with Crippen LogP contribution >= 0.6 is 0 Å². The van der Waals surface area contributed by atoms with E-state index in [9.17, 15) is 0 Å². The number of hydrazine groups is 1. The molecular weight excluding hydrogens is 214 g/mol. The van der Waals surface area contributed by atoms with Gasteiger partial charge in [0.05, 0.1) is 6.04 Å². The molecule has 3 N–H and O–H groups in total. The molecule has 0 aliphatic heterocycles. The molecule has 0 saturated carbocycles. The first-order valence-corrected chi connectivity index (χ1v) is 5.71. The largest absolute Gasteiger partial charge is 0.335 e. The Balaban J connectivity index is 2.16. The summed E-state index contributed by atoms with van der Waals surface area (Å²) in [5, 5.41) is 0. The molecule has 2 heterocycles. The average molecular weight is 231 g/mol. The lowest BCUT2D eigenvalue weighted by Crippen LogP contribution is -2.30. The van der Waals surface area contributed by atoms with Crippen LogP contribution in [0.3, 0.4) is 0 Å². The Hall–Kier alpha value is -1.72. The summed E-state index contributed by atoms with van der Waals surface area (Å²) in [5.41, 5.74) is 3.95. The molecule has 0 bridgehead atoms. The van der Waals surface area contributed by atoms with Crippen molar-refractivity contribution in [3.05, 3.63) is 48.3 Å². The second-order valence-corrected chi connectivity index (χ2v) is 3.83. The molecule has 5 heteroatoms. The second-order valence-electron chi connectivity index (χ2n) is 3.83. The maximum absolute atomic E-state index is 5.61. The van der Waals surface area contributed by atoms with Crippen LogP contribution in [-0.2, 0) is 13.0 Å². The number of hydrogen-bond acceptors (Lipinski definition) is 4. The number of imidazole rings is 1. The van der Waals surface area contributed by atoms with Gasteiger partial charge >= 0.3 is 0 Å². The van der Waals surface area contributed by atoms with E-state index in [-0.39, 0.29) is 6.04 Å². The van der Waals surface area contributed by atoms with Crippen LogP contribution in [0.5, 0.6) is 0 Å². The van der Waals surface area contributed by atoms with Crippen molar-refractivity contribution in [2.75, 3.05) is 0 Å². The smallest absolute Gasteiger partial charge is 0.110 e. The van der Waals surface area contributed by atoms with E-state index in [1.165, 1.54) is 0 Å². The van der Waals surface area contributed by atoms with Crippen molar-refractivity contribution in [3.63, 3.8) is 0 Å². The average Bonchev–Trinajstić information content (AvgIpc) is 2.84. The summed E-state index contributed by atoms with van der Waals surface area (Å²) >= 11 is 0. The second kappa shape index (κ2) is 5.56. The van der Waals surface area contributed by atoms with E-state index in [0.29, 0.717) is 0 Å². The molecule has 90 valence electrons. The van der Waals surface area contributed by atoms with Crippen LogP contribution in [0.15, 0.2) is 36.9 Å². The number of hydrogen-bond donors (Lipinski definition) is 2. The molecule has 5 nitrogen and oxygen atoms in total. The molecule has 0 amide bonds. The summed E-state index contributed by atoms with van der Waals surface area (Å²) in [4.78, 5) is 8.36. The van der Waals surface area contributed by atoms with Gasteiger partial charge in [-0.1, -0.05) is 0 Å². The summed E-state index contributed by atoms with van der Waals surface area (Å²) in [7, 11) is 0. The van der Waals surface area contributed by atoms with Crippen molar-refractivity contribution in [2.24, 2.45) is 5.84 Å². The van der Waals surface area contributed by atoms with Gasteiger partial charge in [0.15, 0.2) is 0 Å². The predicted octanol–water partition coefficient (Wildman–Crippen LogP) is 1.05. The number of nitrogens with two attached hydrogens (primary N) is 1. The summed E-state index contributed by atoms with van der Waals surface area (Å²) < 4.78 is 2.12. The van der Waals surface area contributed by atoms with Gasteiger partial charge in [-0.05, 0) is 24.6 Å². The fraction of sp³-hybridized carbons (Fsp3) is 0.333. The lowest BCUT2D eigenvalue weighted by molar-refractivity contribution is 0.523. The van der Waals surface area contributed by atoms with Crippen molar-refractivity contribution in [2.45, 2.75) is 25.9 Å². The van der Waals surface area contributed by atoms with E-state index < -0.39 is 0 Å². The fourth-order valence-electron chi connectivity index (χ4n) is 1.87. The maximum atomic E-state index is 5.61. The minimum atomic E-state index is 0.0608. The molecular formula is C12H17N5.